The second-order valence-electron chi connectivity index (χ2n) is 3.52. The molecule has 0 radical (unpaired) electrons. The molecule has 0 fully saturated rings. The van der Waals surface area contributed by atoms with Crippen LogP contribution in [-0.2, 0) is 6.54 Å². The minimum Gasteiger partial charge on any atom is -0.380 e. The van der Waals surface area contributed by atoms with Crippen LogP contribution < -0.4 is 5.32 Å². The number of nitrogens with zero attached hydrogens (tertiary/aromatic N) is 2. The van der Waals surface area contributed by atoms with Crippen LogP contribution in [0.1, 0.15) is 11.1 Å². The van der Waals surface area contributed by atoms with Crippen molar-refractivity contribution in [3.05, 3.63) is 58.9 Å². The average Bonchev–Trinajstić information content (AvgIpc) is 2.38. The molecule has 2 rings (SSSR count). The zero-order valence-corrected chi connectivity index (χ0v) is 9.78. The summed E-state index contributed by atoms with van der Waals surface area (Å²) in [7, 11) is 0. The van der Waals surface area contributed by atoms with Gasteiger partial charge in [0.2, 0.25) is 0 Å². The molecule has 0 saturated carbocycles. The first kappa shape index (κ1) is 11.4. The molecule has 84 valence electrons. The van der Waals surface area contributed by atoms with Crippen LogP contribution in [0, 0.1) is 11.3 Å². The predicted octanol–water partition coefficient (Wildman–Crippen LogP) is 3.22. The van der Waals surface area contributed by atoms with Crippen molar-refractivity contribution in [1.29, 1.82) is 5.26 Å². The first-order valence-electron chi connectivity index (χ1n) is 5.12. The molecule has 17 heavy (non-hydrogen) atoms. The lowest BCUT2D eigenvalue weighted by Crippen LogP contribution is -2.00. The minimum absolute atomic E-state index is 0.549. The first-order valence-corrected chi connectivity index (χ1v) is 5.50. The molecule has 1 aromatic heterocycles. The lowest BCUT2D eigenvalue weighted by Gasteiger charge is -2.08. The van der Waals surface area contributed by atoms with Crippen LogP contribution in [0.3, 0.4) is 0 Å². The molecule has 0 aliphatic rings. The highest BCUT2D eigenvalue weighted by Gasteiger charge is 2.01. The number of benzene rings is 1. The van der Waals surface area contributed by atoms with Gasteiger partial charge in [-0.25, -0.2) is 0 Å². The third kappa shape index (κ3) is 2.96. The third-order valence-corrected chi connectivity index (χ3v) is 2.62. The smallest absolute Gasteiger partial charge is 0.0992 e. The molecule has 1 heterocycles. The van der Waals surface area contributed by atoms with Crippen molar-refractivity contribution in [1.82, 2.24) is 4.98 Å². The van der Waals surface area contributed by atoms with Crippen LogP contribution >= 0.6 is 11.6 Å². The summed E-state index contributed by atoms with van der Waals surface area (Å²) in [6, 6.07) is 11.1. The fourth-order valence-corrected chi connectivity index (χ4v) is 1.68. The van der Waals surface area contributed by atoms with E-state index < -0.39 is 0 Å². The molecular weight excluding hydrogens is 234 g/mol. The number of anilines is 1. The molecule has 0 amide bonds. The summed E-state index contributed by atoms with van der Waals surface area (Å²) in [6.45, 7) is 0.652. The zero-order valence-electron chi connectivity index (χ0n) is 9.02. The zero-order chi connectivity index (χ0) is 12.1. The van der Waals surface area contributed by atoms with Crippen LogP contribution in [0.2, 0.25) is 5.02 Å². The maximum Gasteiger partial charge on any atom is 0.0992 e. The summed E-state index contributed by atoms with van der Waals surface area (Å²) in [5.41, 5.74) is 2.45. The highest BCUT2D eigenvalue weighted by Crippen LogP contribution is 2.23. The predicted molar refractivity (Wildman–Crippen MR) is 67.7 cm³/mol. The van der Waals surface area contributed by atoms with E-state index in [2.05, 4.69) is 10.3 Å². The Bertz CT molecular complexity index is 546. The van der Waals surface area contributed by atoms with Crippen molar-refractivity contribution >= 4 is 17.3 Å². The SMILES string of the molecule is N#Cc1ccc(NCc2cccnc2)c(Cl)c1. The standard InChI is InChI=1S/C13H10ClN3/c14-12-6-10(7-15)3-4-13(12)17-9-11-2-1-5-16-8-11/h1-6,8,17H,9H2. The van der Waals surface area contributed by atoms with E-state index in [4.69, 9.17) is 16.9 Å². The van der Waals surface area contributed by atoms with Crippen molar-refractivity contribution in [3.63, 3.8) is 0 Å². The molecule has 2 aromatic rings. The Morgan fingerprint density at radius 1 is 1.35 bits per heavy atom. The maximum atomic E-state index is 8.72. The molecule has 0 aliphatic heterocycles. The highest BCUT2D eigenvalue weighted by molar-refractivity contribution is 6.33. The van der Waals surface area contributed by atoms with E-state index in [0.717, 1.165) is 11.3 Å². The van der Waals surface area contributed by atoms with E-state index in [-0.39, 0.29) is 0 Å². The van der Waals surface area contributed by atoms with Gasteiger partial charge >= 0.3 is 0 Å². The van der Waals surface area contributed by atoms with Gasteiger partial charge in [0.25, 0.3) is 0 Å². The monoisotopic (exact) mass is 243 g/mol. The second-order valence-corrected chi connectivity index (χ2v) is 3.93. The van der Waals surface area contributed by atoms with Crippen LogP contribution in [0.4, 0.5) is 5.69 Å². The van der Waals surface area contributed by atoms with Gasteiger partial charge in [0, 0.05) is 18.9 Å². The summed E-state index contributed by atoms with van der Waals surface area (Å²) in [4.78, 5) is 4.03. The Hall–Kier alpha value is -2.05. The van der Waals surface area contributed by atoms with Crippen molar-refractivity contribution in [2.24, 2.45) is 0 Å². The number of nitrogens with one attached hydrogen (secondary N) is 1. The number of hydrogen-bond acceptors (Lipinski definition) is 3. The third-order valence-electron chi connectivity index (χ3n) is 2.30. The van der Waals surface area contributed by atoms with Gasteiger partial charge in [0.1, 0.15) is 0 Å². The Kier molecular flexibility index (Phi) is 3.59. The number of hydrogen-bond donors (Lipinski definition) is 1. The van der Waals surface area contributed by atoms with E-state index in [1.807, 2.05) is 18.2 Å². The molecule has 3 nitrogen and oxygen atoms in total. The molecule has 0 spiro atoms. The van der Waals surface area contributed by atoms with Gasteiger partial charge in [-0.3, -0.25) is 4.98 Å². The van der Waals surface area contributed by atoms with Crippen LogP contribution in [0.15, 0.2) is 42.7 Å². The first-order chi connectivity index (χ1) is 8.29. The molecule has 0 saturated heterocycles. The molecule has 0 bridgehead atoms. The summed E-state index contributed by atoms with van der Waals surface area (Å²) in [5.74, 6) is 0. The summed E-state index contributed by atoms with van der Waals surface area (Å²) < 4.78 is 0. The van der Waals surface area contributed by atoms with E-state index in [0.29, 0.717) is 17.1 Å². The average molecular weight is 244 g/mol. The van der Waals surface area contributed by atoms with Crippen molar-refractivity contribution in [2.75, 3.05) is 5.32 Å². The maximum absolute atomic E-state index is 8.72. The van der Waals surface area contributed by atoms with Gasteiger partial charge in [-0.2, -0.15) is 5.26 Å². The Balaban J connectivity index is 2.08. The highest BCUT2D eigenvalue weighted by atomic mass is 35.5. The number of halogens is 1. The second kappa shape index (κ2) is 5.33. The number of aromatic nitrogens is 1. The van der Waals surface area contributed by atoms with Crippen molar-refractivity contribution in [2.45, 2.75) is 6.54 Å². The van der Waals surface area contributed by atoms with Crippen LogP contribution in [-0.4, -0.2) is 4.98 Å². The fraction of sp³-hybridized carbons (Fsp3) is 0.0769. The van der Waals surface area contributed by atoms with Crippen LogP contribution in [0.25, 0.3) is 0 Å². The molecular formula is C13H10ClN3. The van der Waals surface area contributed by atoms with E-state index >= 15 is 0 Å². The Labute approximate surface area is 105 Å². The molecule has 1 aromatic carbocycles. The Morgan fingerprint density at radius 2 is 2.24 bits per heavy atom. The lowest BCUT2D eigenvalue weighted by atomic mass is 10.2. The Morgan fingerprint density at radius 3 is 2.88 bits per heavy atom. The van der Waals surface area contributed by atoms with E-state index in [1.165, 1.54) is 0 Å². The van der Waals surface area contributed by atoms with Gasteiger partial charge < -0.3 is 5.32 Å². The molecule has 0 aliphatic carbocycles. The normalized spacial score (nSPS) is 9.65. The molecule has 1 N–H and O–H groups in total. The number of pyridine rings is 1. The van der Waals surface area contributed by atoms with Gasteiger partial charge in [-0.15, -0.1) is 0 Å². The summed E-state index contributed by atoms with van der Waals surface area (Å²) in [5, 5.41) is 12.5. The number of nitriles is 1. The molecule has 0 unspecified atom stereocenters. The summed E-state index contributed by atoms with van der Waals surface area (Å²) in [6.07, 6.45) is 3.53. The summed E-state index contributed by atoms with van der Waals surface area (Å²) >= 11 is 6.05. The van der Waals surface area contributed by atoms with Crippen molar-refractivity contribution < 1.29 is 0 Å². The molecule has 4 heteroatoms. The van der Waals surface area contributed by atoms with Gasteiger partial charge in [-0.05, 0) is 29.8 Å². The number of rotatable bonds is 3. The van der Waals surface area contributed by atoms with Gasteiger partial charge in [-0.1, -0.05) is 17.7 Å². The minimum atomic E-state index is 0.549. The molecule has 0 atom stereocenters. The fourth-order valence-electron chi connectivity index (χ4n) is 1.43. The lowest BCUT2D eigenvalue weighted by molar-refractivity contribution is 1.11. The van der Waals surface area contributed by atoms with Gasteiger partial charge in [0.15, 0.2) is 0 Å². The largest absolute Gasteiger partial charge is 0.380 e. The quantitative estimate of drug-likeness (QED) is 0.901. The van der Waals surface area contributed by atoms with Crippen LogP contribution in [0.5, 0.6) is 0 Å². The topological polar surface area (TPSA) is 48.7 Å². The van der Waals surface area contributed by atoms with E-state index in [9.17, 15) is 0 Å². The van der Waals surface area contributed by atoms with Crippen molar-refractivity contribution in [3.8, 4) is 6.07 Å². The van der Waals surface area contributed by atoms with Gasteiger partial charge in [0.05, 0.1) is 22.3 Å². The van der Waals surface area contributed by atoms with E-state index in [1.54, 1.807) is 30.6 Å².